The first kappa shape index (κ1) is 13.4. The number of amides is 2. The molecule has 0 radical (unpaired) electrons. The first-order chi connectivity index (χ1) is 8.74. The molecule has 1 atom stereocenters. The maximum atomic E-state index is 11.9. The first-order valence-corrected chi connectivity index (χ1v) is 7.31. The van der Waals surface area contributed by atoms with Crippen LogP contribution in [0.4, 0.5) is 0 Å². The number of carbonyl (C=O) groups excluding carboxylic acids is 2. The van der Waals surface area contributed by atoms with E-state index >= 15 is 0 Å². The minimum atomic E-state index is -0.169. The molecule has 1 saturated carbocycles. The van der Waals surface area contributed by atoms with E-state index in [-0.39, 0.29) is 24.4 Å². The zero-order valence-electron chi connectivity index (χ0n) is 11.3. The lowest BCUT2D eigenvalue weighted by molar-refractivity contribution is -0.146. The molecule has 4 heteroatoms. The Balaban J connectivity index is 1.82. The van der Waals surface area contributed by atoms with E-state index in [1.807, 2.05) is 4.90 Å². The van der Waals surface area contributed by atoms with Crippen LogP contribution in [0.5, 0.6) is 0 Å². The van der Waals surface area contributed by atoms with Gasteiger partial charge in [-0.1, -0.05) is 32.6 Å². The van der Waals surface area contributed by atoms with Crippen LogP contribution in [-0.4, -0.2) is 35.8 Å². The van der Waals surface area contributed by atoms with E-state index in [0.717, 1.165) is 32.2 Å². The number of hydrogen-bond donors (Lipinski definition) is 1. The lowest BCUT2D eigenvalue weighted by atomic mass is 10.1. The maximum Gasteiger partial charge on any atom is 0.243 e. The van der Waals surface area contributed by atoms with Gasteiger partial charge in [-0.2, -0.15) is 0 Å². The van der Waals surface area contributed by atoms with Gasteiger partial charge < -0.3 is 10.2 Å². The van der Waals surface area contributed by atoms with Gasteiger partial charge in [-0.3, -0.25) is 9.59 Å². The third-order valence-electron chi connectivity index (χ3n) is 3.91. The Kier molecular flexibility index (Phi) is 4.61. The number of unbranched alkanes of at least 4 members (excludes halogenated alkanes) is 4. The summed E-state index contributed by atoms with van der Waals surface area (Å²) in [6.07, 6.45) is 8.11. The summed E-state index contributed by atoms with van der Waals surface area (Å²) in [6.45, 7) is 3.15. The van der Waals surface area contributed by atoms with Crippen LogP contribution in [0, 0.1) is 5.92 Å². The van der Waals surface area contributed by atoms with E-state index < -0.39 is 0 Å². The number of nitrogens with zero attached hydrogens (tertiary/aromatic N) is 1. The molecule has 2 aliphatic rings. The number of carbonyl (C=O) groups is 2. The standard InChI is InChI=1S/C14H24N2O2/c1-2-3-4-5-6-9-16-12(17)10-15-14(18)13(16)11-7-8-11/h11,13H,2-10H2,1H3,(H,15,18). The molecule has 1 N–H and O–H groups in total. The molecule has 102 valence electrons. The van der Waals surface area contributed by atoms with Crippen molar-refractivity contribution in [3.8, 4) is 0 Å². The molecule has 0 aromatic rings. The van der Waals surface area contributed by atoms with Crippen molar-refractivity contribution in [2.24, 2.45) is 5.92 Å². The van der Waals surface area contributed by atoms with E-state index in [9.17, 15) is 9.59 Å². The lowest BCUT2D eigenvalue weighted by Gasteiger charge is -2.35. The summed E-state index contributed by atoms with van der Waals surface area (Å²) in [4.78, 5) is 25.6. The monoisotopic (exact) mass is 252 g/mol. The Morgan fingerprint density at radius 1 is 1.17 bits per heavy atom. The van der Waals surface area contributed by atoms with Crippen molar-refractivity contribution in [2.75, 3.05) is 13.1 Å². The van der Waals surface area contributed by atoms with Crippen LogP contribution in [0.1, 0.15) is 51.9 Å². The van der Waals surface area contributed by atoms with Gasteiger partial charge >= 0.3 is 0 Å². The Bertz CT molecular complexity index is 313. The van der Waals surface area contributed by atoms with Crippen LogP contribution >= 0.6 is 0 Å². The molecule has 18 heavy (non-hydrogen) atoms. The molecule has 1 heterocycles. The van der Waals surface area contributed by atoms with E-state index in [0.29, 0.717) is 5.92 Å². The fourth-order valence-corrected chi connectivity index (χ4v) is 2.70. The molecule has 2 rings (SSSR count). The van der Waals surface area contributed by atoms with Gasteiger partial charge in [0.1, 0.15) is 6.04 Å². The molecule has 1 aliphatic heterocycles. The highest BCUT2D eigenvalue weighted by molar-refractivity contribution is 5.95. The molecule has 2 fully saturated rings. The summed E-state index contributed by atoms with van der Waals surface area (Å²) in [5.41, 5.74) is 0. The molecular weight excluding hydrogens is 228 g/mol. The van der Waals surface area contributed by atoms with Gasteiger partial charge in [0.15, 0.2) is 0 Å². The van der Waals surface area contributed by atoms with Gasteiger partial charge in [-0.25, -0.2) is 0 Å². The van der Waals surface area contributed by atoms with Crippen molar-refractivity contribution >= 4 is 11.8 Å². The average Bonchev–Trinajstić information content (AvgIpc) is 3.17. The molecule has 0 spiro atoms. The predicted octanol–water partition coefficient (Wildman–Crippen LogP) is 1.69. The zero-order valence-corrected chi connectivity index (χ0v) is 11.3. The van der Waals surface area contributed by atoms with Gasteiger partial charge in [0.2, 0.25) is 11.8 Å². The molecule has 1 saturated heterocycles. The molecule has 0 aromatic carbocycles. The molecule has 2 amide bonds. The zero-order chi connectivity index (χ0) is 13.0. The van der Waals surface area contributed by atoms with Crippen LogP contribution in [0.15, 0.2) is 0 Å². The molecule has 1 unspecified atom stereocenters. The third-order valence-corrected chi connectivity index (χ3v) is 3.91. The highest BCUT2D eigenvalue weighted by atomic mass is 16.2. The van der Waals surface area contributed by atoms with Crippen molar-refractivity contribution < 1.29 is 9.59 Å². The summed E-state index contributed by atoms with van der Waals surface area (Å²) in [6, 6.07) is -0.169. The molecule has 4 nitrogen and oxygen atoms in total. The summed E-state index contributed by atoms with van der Waals surface area (Å²) in [7, 11) is 0. The quantitative estimate of drug-likeness (QED) is 0.701. The minimum Gasteiger partial charge on any atom is -0.345 e. The van der Waals surface area contributed by atoms with Crippen LogP contribution in [-0.2, 0) is 9.59 Å². The highest BCUT2D eigenvalue weighted by Gasteiger charge is 2.44. The van der Waals surface area contributed by atoms with Gasteiger partial charge in [0.25, 0.3) is 0 Å². The van der Waals surface area contributed by atoms with E-state index in [2.05, 4.69) is 12.2 Å². The van der Waals surface area contributed by atoms with Crippen molar-refractivity contribution in [1.29, 1.82) is 0 Å². The first-order valence-electron chi connectivity index (χ1n) is 7.31. The summed E-state index contributed by atoms with van der Waals surface area (Å²) in [5, 5.41) is 2.71. The van der Waals surface area contributed by atoms with Crippen LogP contribution < -0.4 is 5.32 Å². The van der Waals surface area contributed by atoms with Crippen molar-refractivity contribution in [3.05, 3.63) is 0 Å². The third kappa shape index (κ3) is 3.24. The minimum absolute atomic E-state index is 0.0608. The summed E-state index contributed by atoms with van der Waals surface area (Å²) in [5.74, 6) is 0.581. The fourth-order valence-electron chi connectivity index (χ4n) is 2.70. The topological polar surface area (TPSA) is 49.4 Å². The van der Waals surface area contributed by atoms with Crippen molar-refractivity contribution in [3.63, 3.8) is 0 Å². The van der Waals surface area contributed by atoms with Gasteiger partial charge in [-0.05, 0) is 25.2 Å². The SMILES string of the molecule is CCCCCCCN1C(=O)CNC(=O)C1C1CC1. The highest BCUT2D eigenvalue weighted by Crippen LogP contribution is 2.36. The summed E-state index contributed by atoms with van der Waals surface area (Å²) >= 11 is 0. The molecule has 0 bridgehead atoms. The van der Waals surface area contributed by atoms with Crippen molar-refractivity contribution in [1.82, 2.24) is 10.2 Å². The number of nitrogens with one attached hydrogen (secondary N) is 1. The Morgan fingerprint density at radius 3 is 2.56 bits per heavy atom. The lowest BCUT2D eigenvalue weighted by Crippen LogP contribution is -2.59. The van der Waals surface area contributed by atoms with Crippen LogP contribution in [0.2, 0.25) is 0 Å². The van der Waals surface area contributed by atoms with Gasteiger partial charge in [0, 0.05) is 6.54 Å². The molecule has 0 aromatic heterocycles. The van der Waals surface area contributed by atoms with Gasteiger partial charge in [-0.15, -0.1) is 0 Å². The summed E-state index contributed by atoms with van der Waals surface area (Å²) < 4.78 is 0. The number of hydrogen-bond acceptors (Lipinski definition) is 2. The Hall–Kier alpha value is -1.06. The number of piperazine rings is 1. The van der Waals surface area contributed by atoms with Crippen molar-refractivity contribution in [2.45, 2.75) is 57.9 Å². The second kappa shape index (κ2) is 6.21. The molecule has 1 aliphatic carbocycles. The number of rotatable bonds is 7. The van der Waals surface area contributed by atoms with E-state index in [1.165, 1.54) is 19.3 Å². The smallest absolute Gasteiger partial charge is 0.243 e. The second-order valence-corrected chi connectivity index (χ2v) is 5.50. The van der Waals surface area contributed by atoms with Crippen LogP contribution in [0.3, 0.4) is 0 Å². The predicted molar refractivity (Wildman–Crippen MR) is 70.0 cm³/mol. The van der Waals surface area contributed by atoms with Gasteiger partial charge in [0.05, 0.1) is 6.54 Å². The average molecular weight is 252 g/mol. The fraction of sp³-hybridized carbons (Fsp3) is 0.857. The molecular formula is C14H24N2O2. The van der Waals surface area contributed by atoms with E-state index in [1.54, 1.807) is 0 Å². The maximum absolute atomic E-state index is 11.9. The van der Waals surface area contributed by atoms with Crippen LogP contribution in [0.25, 0.3) is 0 Å². The largest absolute Gasteiger partial charge is 0.345 e. The normalized spacial score (nSPS) is 24.3. The van der Waals surface area contributed by atoms with E-state index in [4.69, 9.17) is 0 Å². The Morgan fingerprint density at radius 2 is 1.89 bits per heavy atom. The Labute approximate surface area is 109 Å². The second-order valence-electron chi connectivity index (χ2n) is 5.50.